The summed E-state index contributed by atoms with van der Waals surface area (Å²) in [4.78, 5) is 20.8. The van der Waals surface area contributed by atoms with Crippen molar-refractivity contribution in [2.75, 3.05) is 0 Å². The van der Waals surface area contributed by atoms with E-state index in [9.17, 15) is 9.90 Å². The Morgan fingerprint density at radius 2 is 2.03 bits per heavy atom. The number of aromatic nitrogens is 3. The van der Waals surface area contributed by atoms with Crippen LogP contribution in [-0.4, -0.2) is 43.6 Å². The fourth-order valence-corrected chi connectivity index (χ4v) is 4.41. The summed E-state index contributed by atoms with van der Waals surface area (Å²) in [5.74, 6) is 0. The molecule has 156 valence electrons. The second kappa shape index (κ2) is 6.66. The molecule has 0 unspecified atom stereocenters. The van der Waals surface area contributed by atoms with Crippen LogP contribution in [0, 0.1) is 13.8 Å². The maximum absolute atomic E-state index is 12.3. The Hall–Kier alpha value is -2.68. The summed E-state index contributed by atoms with van der Waals surface area (Å²) in [5.41, 5.74) is 1.69. The molecule has 3 aromatic rings. The molecule has 0 aliphatic carbocycles. The van der Waals surface area contributed by atoms with Crippen LogP contribution >= 0.6 is 11.6 Å². The number of cyclic esters (lactones) is 1. The Morgan fingerprint density at radius 3 is 2.80 bits per heavy atom. The van der Waals surface area contributed by atoms with Crippen molar-refractivity contribution in [1.29, 1.82) is 0 Å². The van der Waals surface area contributed by atoms with Crippen LogP contribution in [0.1, 0.15) is 36.1 Å². The van der Waals surface area contributed by atoms with Crippen molar-refractivity contribution in [2.45, 2.75) is 50.9 Å². The molecule has 5 atom stereocenters. The molecule has 4 heterocycles. The molecule has 0 bridgehead atoms. The molecule has 5 rings (SSSR count). The molecule has 9 heteroatoms. The monoisotopic (exact) mass is 429 g/mol. The number of fused-ring (bicyclic) bond motifs is 2. The van der Waals surface area contributed by atoms with Gasteiger partial charge < -0.3 is 23.9 Å². The molecule has 8 nitrogen and oxygen atoms in total. The molecule has 2 aromatic heterocycles. The Balaban J connectivity index is 1.58. The quantitative estimate of drug-likeness (QED) is 0.621. The van der Waals surface area contributed by atoms with Crippen molar-refractivity contribution in [3.63, 3.8) is 0 Å². The van der Waals surface area contributed by atoms with E-state index >= 15 is 0 Å². The van der Waals surface area contributed by atoms with Crippen molar-refractivity contribution >= 4 is 28.8 Å². The van der Waals surface area contributed by atoms with Gasteiger partial charge in [0, 0.05) is 16.6 Å². The summed E-state index contributed by atoms with van der Waals surface area (Å²) < 4.78 is 18.9. The minimum absolute atomic E-state index is 0.551. The molecule has 2 aliphatic heterocycles. The van der Waals surface area contributed by atoms with E-state index in [1.807, 2.05) is 32.0 Å². The van der Waals surface area contributed by atoms with Crippen LogP contribution in [-0.2, 0) is 14.2 Å². The maximum atomic E-state index is 12.3. The van der Waals surface area contributed by atoms with Crippen LogP contribution in [0.4, 0.5) is 4.79 Å². The Morgan fingerprint density at radius 1 is 1.23 bits per heavy atom. The number of aliphatic hydroxyl groups is 1. The Labute approximate surface area is 177 Å². The molecular weight excluding hydrogens is 410 g/mol. The third kappa shape index (κ3) is 2.71. The van der Waals surface area contributed by atoms with Gasteiger partial charge in [-0.15, -0.1) is 0 Å². The Bertz CT molecular complexity index is 1160. The third-order valence-electron chi connectivity index (χ3n) is 6.02. The number of ether oxygens (including phenoxy) is 3. The second-order valence-electron chi connectivity index (χ2n) is 7.89. The number of carbonyl (C=O) groups is 1. The number of carbonyl (C=O) groups excluding carboxylic acids is 1. The first-order valence-electron chi connectivity index (χ1n) is 9.57. The topological polar surface area (TPSA) is 95.7 Å². The normalized spacial score (nSPS) is 30.8. The standard InChI is InChI=1S/C21H20ClN3O5/c1-10-4-5-12(8-14(10)22)15-17-21(3,30-20(27)28-15)16(26)19(29-17)25-7-6-13-11(2)23-9-24-18(13)25/h4-9,15-17,19,26H,1-3H3/t15-,16+,17-,19-,21+/m1/s1. The first-order valence-corrected chi connectivity index (χ1v) is 9.95. The number of rotatable bonds is 2. The minimum Gasteiger partial charge on any atom is -0.423 e. The van der Waals surface area contributed by atoms with Gasteiger partial charge in [0.2, 0.25) is 0 Å². The smallest absolute Gasteiger partial charge is 0.423 e. The van der Waals surface area contributed by atoms with Crippen molar-refractivity contribution in [3.05, 3.63) is 58.6 Å². The summed E-state index contributed by atoms with van der Waals surface area (Å²) in [6, 6.07) is 7.28. The van der Waals surface area contributed by atoms with Crippen LogP contribution in [0.2, 0.25) is 5.02 Å². The molecule has 1 N–H and O–H groups in total. The van der Waals surface area contributed by atoms with E-state index < -0.39 is 36.3 Å². The lowest BCUT2D eigenvalue weighted by molar-refractivity contribution is -0.180. The number of hydrogen-bond donors (Lipinski definition) is 1. The van der Waals surface area contributed by atoms with E-state index in [1.165, 1.54) is 6.33 Å². The highest BCUT2D eigenvalue weighted by Gasteiger charge is 2.63. The van der Waals surface area contributed by atoms with Gasteiger partial charge in [0.25, 0.3) is 0 Å². The van der Waals surface area contributed by atoms with E-state index in [2.05, 4.69) is 9.97 Å². The molecule has 30 heavy (non-hydrogen) atoms. The van der Waals surface area contributed by atoms with Gasteiger partial charge in [-0.3, -0.25) is 0 Å². The van der Waals surface area contributed by atoms with Crippen LogP contribution in [0.5, 0.6) is 0 Å². The molecule has 2 aliphatic rings. The highest BCUT2D eigenvalue weighted by Crippen LogP contribution is 2.49. The van der Waals surface area contributed by atoms with Gasteiger partial charge in [-0.25, -0.2) is 14.8 Å². The number of nitrogens with zero attached hydrogens (tertiary/aromatic N) is 3. The number of aliphatic hydroxyl groups excluding tert-OH is 1. The first kappa shape index (κ1) is 19.3. The van der Waals surface area contributed by atoms with E-state index in [0.29, 0.717) is 16.2 Å². The maximum Gasteiger partial charge on any atom is 0.509 e. The van der Waals surface area contributed by atoms with Crippen molar-refractivity contribution in [3.8, 4) is 0 Å². The fourth-order valence-electron chi connectivity index (χ4n) is 4.22. The molecule has 0 spiro atoms. The zero-order chi connectivity index (χ0) is 21.2. The Kier molecular flexibility index (Phi) is 4.29. The lowest BCUT2D eigenvalue weighted by Crippen LogP contribution is -2.55. The molecule has 0 radical (unpaired) electrons. The van der Waals surface area contributed by atoms with Gasteiger partial charge in [-0.1, -0.05) is 23.7 Å². The van der Waals surface area contributed by atoms with Crippen LogP contribution in [0.25, 0.3) is 11.0 Å². The van der Waals surface area contributed by atoms with Gasteiger partial charge >= 0.3 is 6.16 Å². The van der Waals surface area contributed by atoms with Crippen molar-refractivity contribution in [2.24, 2.45) is 0 Å². The van der Waals surface area contributed by atoms with Gasteiger partial charge in [-0.2, -0.15) is 0 Å². The second-order valence-corrected chi connectivity index (χ2v) is 8.30. The predicted octanol–water partition coefficient (Wildman–Crippen LogP) is 3.63. The number of benzene rings is 1. The van der Waals surface area contributed by atoms with E-state index in [0.717, 1.165) is 16.6 Å². The fraction of sp³-hybridized carbons (Fsp3) is 0.381. The van der Waals surface area contributed by atoms with Crippen LogP contribution in [0.3, 0.4) is 0 Å². The first-order chi connectivity index (χ1) is 14.3. The molecular formula is C21H20ClN3O5. The van der Waals surface area contributed by atoms with E-state index in [1.54, 1.807) is 23.8 Å². The zero-order valence-corrected chi connectivity index (χ0v) is 17.3. The zero-order valence-electron chi connectivity index (χ0n) is 16.6. The largest absolute Gasteiger partial charge is 0.509 e. The van der Waals surface area contributed by atoms with Gasteiger partial charge in [0.05, 0.1) is 5.69 Å². The molecule has 1 aromatic carbocycles. The average molecular weight is 430 g/mol. The summed E-state index contributed by atoms with van der Waals surface area (Å²) in [6.07, 6.45) is -1.14. The van der Waals surface area contributed by atoms with Gasteiger partial charge in [0.1, 0.15) is 24.2 Å². The summed E-state index contributed by atoms with van der Waals surface area (Å²) in [5, 5.41) is 12.6. The lowest BCUT2D eigenvalue weighted by atomic mass is 9.87. The van der Waals surface area contributed by atoms with E-state index in [-0.39, 0.29) is 0 Å². The van der Waals surface area contributed by atoms with Crippen molar-refractivity contribution < 1.29 is 24.1 Å². The predicted molar refractivity (Wildman–Crippen MR) is 107 cm³/mol. The molecule has 2 fully saturated rings. The van der Waals surface area contributed by atoms with Crippen LogP contribution in [0.15, 0.2) is 36.8 Å². The summed E-state index contributed by atoms with van der Waals surface area (Å²) in [7, 11) is 0. The average Bonchev–Trinajstić information content (AvgIpc) is 3.24. The SMILES string of the molecule is Cc1ccc([C@H]2OC(=O)O[C@]3(C)[C@@H]2O[C@@H](n2ccc4c(C)ncnc42)[C@@H]3O)cc1Cl. The highest BCUT2D eigenvalue weighted by atomic mass is 35.5. The number of aryl methyl sites for hydroxylation is 2. The molecule has 2 saturated heterocycles. The van der Waals surface area contributed by atoms with E-state index in [4.69, 9.17) is 25.8 Å². The lowest BCUT2D eigenvalue weighted by Gasteiger charge is -2.39. The molecule has 0 saturated carbocycles. The highest BCUT2D eigenvalue weighted by molar-refractivity contribution is 6.31. The van der Waals surface area contributed by atoms with Gasteiger partial charge in [0.15, 0.2) is 17.9 Å². The minimum atomic E-state index is -1.32. The van der Waals surface area contributed by atoms with Crippen molar-refractivity contribution in [1.82, 2.24) is 14.5 Å². The number of hydrogen-bond acceptors (Lipinski definition) is 7. The third-order valence-corrected chi connectivity index (χ3v) is 6.42. The molecule has 0 amide bonds. The summed E-state index contributed by atoms with van der Waals surface area (Å²) >= 11 is 6.29. The summed E-state index contributed by atoms with van der Waals surface area (Å²) in [6.45, 7) is 5.42. The van der Waals surface area contributed by atoms with Crippen LogP contribution < -0.4 is 0 Å². The van der Waals surface area contributed by atoms with Gasteiger partial charge in [-0.05, 0) is 44.0 Å². The number of halogens is 1.